The highest BCUT2D eigenvalue weighted by molar-refractivity contribution is 8.00. The van der Waals surface area contributed by atoms with Crippen molar-refractivity contribution in [3.8, 4) is 0 Å². The topological polar surface area (TPSA) is 130 Å². The summed E-state index contributed by atoms with van der Waals surface area (Å²) < 4.78 is 0. The maximum atomic E-state index is 13.6. The minimum absolute atomic E-state index is 0.0602. The molecular formula is C37H28Cl2N4O4S. The second-order valence-corrected chi connectivity index (χ2v) is 12.3. The molecule has 0 spiro atoms. The van der Waals surface area contributed by atoms with Gasteiger partial charge in [0, 0.05) is 27.4 Å². The number of amides is 4. The van der Waals surface area contributed by atoms with Crippen LogP contribution in [0.1, 0.15) is 37.1 Å². The lowest BCUT2D eigenvalue weighted by molar-refractivity contribution is -0.116. The molecule has 5 rings (SSSR count). The van der Waals surface area contributed by atoms with E-state index in [9.17, 15) is 19.2 Å². The van der Waals surface area contributed by atoms with Crippen molar-refractivity contribution >= 4 is 76.0 Å². The second kappa shape index (κ2) is 16.0. The number of nitrogens with one attached hydrogen (secondary N) is 3. The van der Waals surface area contributed by atoms with Crippen molar-refractivity contribution in [2.24, 2.45) is 5.73 Å². The van der Waals surface area contributed by atoms with Gasteiger partial charge in [-0.25, -0.2) is 0 Å². The van der Waals surface area contributed by atoms with Crippen molar-refractivity contribution in [1.82, 2.24) is 5.32 Å². The number of hydrogen-bond donors (Lipinski definition) is 4. The van der Waals surface area contributed by atoms with Gasteiger partial charge in [-0.15, -0.1) is 11.8 Å². The van der Waals surface area contributed by atoms with Crippen LogP contribution in [-0.4, -0.2) is 23.6 Å². The number of primary amides is 1. The number of benzene rings is 5. The molecule has 0 bridgehead atoms. The van der Waals surface area contributed by atoms with Crippen LogP contribution in [0.4, 0.5) is 11.4 Å². The average molecular weight is 696 g/mol. The van der Waals surface area contributed by atoms with E-state index < -0.39 is 23.0 Å². The number of thioether (sulfide) groups is 1. The first-order chi connectivity index (χ1) is 23.2. The highest BCUT2D eigenvalue weighted by atomic mass is 35.5. The van der Waals surface area contributed by atoms with Crippen molar-refractivity contribution in [2.45, 2.75) is 10.1 Å². The molecule has 4 amide bonds. The predicted molar refractivity (Wildman–Crippen MR) is 192 cm³/mol. The van der Waals surface area contributed by atoms with Gasteiger partial charge in [0.25, 0.3) is 11.8 Å². The fraction of sp³-hybridized carbons (Fsp3) is 0.0270. The minimum Gasteiger partial charge on any atom is -0.366 e. The Bertz CT molecular complexity index is 1990. The molecule has 8 nitrogen and oxygen atoms in total. The van der Waals surface area contributed by atoms with Gasteiger partial charge in [0.15, 0.2) is 0 Å². The zero-order valence-electron chi connectivity index (χ0n) is 25.2. The monoisotopic (exact) mass is 694 g/mol. The Morgan fingerprint density at radius 1 is 0.688 bits per heavy atom. The van der Waals surface area contributed by atoms with Crippen molar-refractivity contribution in [1.29, 1.82) is 0 Å². The van der Waals surface area contributed by atoms with Crippen LogP contribution in [0.5, 0.6) is 0 Å². The number of halogens is 2. The highest BCUT2D eigenvalue weighted by Gasteiger charge is 2.23. The molecule has 5 N–H and O–H groups in total. The van der Waals surface area contributed by atoms with E-state index in [-0.39, 0.29) is 16.6 Å². The molecule has 0 fully saturated rings. The number of carbonyl (C=O) groups excluding carboxylic acids is 4. The lowest BCUT2D eigenvalue weighted by Crippen LogP contribution is -2.30. The molecule has 5 aromatic rings. The summed E-state index contributed by atoms with van der Waals surface area (Å²) in [5.74, 6) is -1.94. The summed E-state index contributed by atoms with van der Waals surface area (Å²) in [7, 11) is 0. The van der Waals surface area contributed by atoms with E-state index in [0.29, 0.717) is 38.0 Å². The molecule has 240 valence electrons. The third-order valence-corrected chi connectivity index (χ3v) is 9.01. The molecule has 0 aliphatic rings. The van der Waals surface area contributed by atoms with E-state index in [4.69, 9.17) is 28.9 Å². The summed E-state index contributed by atoms with van der Waals surface area (Å²) >= 11 is 13.9. The molecule has 1 unspecified atom stereocenters. The minimum atomic E-state index is -0.668. The van der Waals surface area contributed by atoms with Gasteiger partial charge in [0.05, 0.1) is 10.0 Å². The first-order valence-electron chi connectivity index (χ1n) is 14.5. The van der Waals surface area contributed by atoms with E-state index in [1.54, 1.807) is 91.0 Å². The summed E-state index contributed by atoms with van der Waals surface area (Å²) in [6.07, 6.45) is 1.45. The van der Waals surface area contributed by atoms with Crippen LogP contribution in [0.3, 0.4) is 0 Å². The lowest BCUT2D eigenvalue weighted by atomic mass is 10.1. The van der Waals surface area contributed by atoms with Crippen molar-refractivity contribution < 1.29 is 19.2 Å². The zero-order valence-corrected chi connectivity index (χ0v) is 27.5. The van der Waals surface area contributed by atoms with Crippen LogP contribution in [0, 0.1) is 0 Å². The molecule has 5 aromatic carbocycles. The number of carbonyl (C=O) groups is 4. The van der Waals surface area contributed by atoms with Crippen LogP contribution < -0.4 is 21.7 Å². The molecule has 0 radical (unpaired) electrons. The zero-order chi connectivity index (χ0) is 34.0. The molecule has 0 aliphatic heterocycles. The second-order valence-electron chi connectivity index (χ2n) is 10.3. The fourth-order valence-electron chi connectivity index (χ4n) is 4.54. The van der Waals surface area contributed by atoms with Gasteiger partial charge in [0.2, 0.25) is 11.8 Å². The van der Waals surface area contributed by atoms with Crippen LogP contribution in [0.2, 0.25) is 10.0 Å². The van der Waals surface area contributed by atoms with E-state index >= 15 is 0 Å². The number of anilines is 2. The highest BCUT2D eigenvalue weighted by Crippen LogP contribution is 2.37. The summed E-state index contributed by atoms with van der Waals surface area (Å²) in [4.78, 5) is 52.4. The quantitative estimate of drug-likeness (QED) is 0.0823. The van der Waals surface area contributed by atoms with Gasteiger partial charge in [-0.05, 0) is 77.9 Å². The summed E-state index contributed by atoms with van der Waals surface area (Å²) in [6, 6.07) is 36.0. The normalized spacial score (nSPS) is 11.7. The summed E-state index contributed by atoms with van der Waals surface area (Å²) in [5, 5.41) is 8.29. The van der Waals surface area contributed by atoms with Crippen LogP contribution >= 0.6 is 35.0 Å². The smallest absolute Gasteiger partial charge is 0.272 e. The summed E-state index contributed by atoms with van der Waals surface area (Å²) in [6.45, 7) is 0. The van der Waals surface area contributed by atoms with E-state index in [0.717, 1.165) is 5.56 Å². The Labute approximate surface area is 291 Å². The van der Waals surface area contributed by atoms with Crippen molar-refractivity contribution in [2.75, 3.05) is 10.6 Å². The standard InChI is InChI=1S/C37H28Cl2N4O4S/c38-30-16-7-13-26(32(30)39)21-31(43-35(45)25-11-5-2-6-12-25)36(46)42-28-14-8-15-29(22-28)48-33(23-9-3-1-4-10-23)37(47)41-27-19-17-24(18-20-27)34(40)44/h1-22,33H,(H2,40,44)(H,41,47)(H,42,46)(H,43,45)/b31-21+. The van der Waals surface area contributed by atoms with Gasteiger partial charge in [-0.2, -0.15) is 0 Å². The van der Waals surface area contributed by atoms with Gasteiger partial charge in [0.1, 0.15) is 10.9 Å². The Hall–Kier alpha value is -5.35. The molecular weight excluding hydrogens is 667 g/mol. The lowest BCUT2D eigenvalue weighted by Gasteiger charge is -2.18. The van der Waals surface area contributed by atoms with Crippen LogP contribution in [-0.2, 0) is 9.59 Å². The van der Waals surface area contributed by atoms with Gasteiger partial charge in [-0.3, -0.25) is 19.2 Å². The maximum Gasteiger partial charge on any atom is 0.272 e. The van der Waals surface area contributed by atoms with E-state index in [1.165, 1.54) is 17.8 Å². The number of hydrogen-bond acceptors (Lipinski definition) is 5. The molecule has 48 heavy (non-hydrogen) atoms. The molecule has 0 aromatic heterocycles. The van der Waals surface area contributed by atoms with E-state index in [2.05, 4.69) is 16.0 Å². The van der Waals surface area contributed by atoms with Crippen molar-refractivity contribution in [3.63, 3.8) is 0 Å². The molecule has 0 saturated heterocycles. The predicted octanol–water partition coefficient (Wildman–Crippen LogP) is 7.97. The molecule has 0 aliphatic carbocycles. The third kappa shape index (κ3) is 8.92. The van der Waals surface area contributed by atoms with Gasteiger partial charge >= 0.3 is 0 Å². The maximum absolute atomic E-state index is 13.6. The molecule has 0 saturated carbocycles. The average Bonchev–Trinajstić information content (AvgIpc) is 3.10. The largest absolute Gasteiger partial charge is 0.366 e. The Morgan fingerprint density at radius 3 is 2.04 bits per heavy atom. The molecule has 11 heteroatoms. The number of rotatable bonds is 11. The van der Waals surface area contributed by atoms with Crippen LogP contribution in [0.25, 0.3) is 6.08 Å². The SMILES string of the molecule is NC(=O)c1ccc(NC(=O)C(Sc2cccc(NC(=O)/C(=C\c3cccc(Cl)c3Cl)NC(=O)c3ccccc3)c2)c2ccccc2)cc1. The Morgan fingerprint density at radius 2 is 1.35 bits per heavy atom. The number of nitrogens with two attached hydrogens (primary N) is 1. The first-order valence-corrected chi connectivity index (χ1v) is 16.2. The van der Waals surface area contributed by atoms with Crippen LogP contribution in [0.15, 0.2) is 138 Å². The summed E-state index contributed by atoms with van der Waals surface area (Å²) in [5.41, 5.74) is 8.10. The third-order valence-electron chi connectivity index (χ3n) is 6.93. The first kappa shape index (κ1) is 34.0. The van der Waals surface area contributed by atoms with Gasteiger partial charge in [-0.1, -0.05) is 89.9 Å². The van der Waals surface area contributed by atoms with E-state index in [1.807, 2.05) is 36.4 Å². The molecule has 0 heterocycles. The van der Waals surface area contributed by atoms with Crippen molar-refractivity contribution in [3.05, 3.63) is 165 Å². The molecule has 1 atom stereocenters. The Balaban J connectivity index is 1.38. The van der Waals surface area contributed by atoms with Gasteiger partial charge < -0.3 is 21.7 Å². The Kier molecular flexibility index (Phi) is 11.3. The fourth-order valence-corrected chi connectivity index (χ4v) is 5.98.